The van der Waals surface area contributed by atoms with Crippen LogP contribution in [0, 0.1) is 29.6 Å². The molecule has 2 heterocycles. The van der Waals surface area contributed by atoms with Gasteiger partial charge in [0.05, 0.1) is 0 Å². The zero-order valence-corrected chi connectivity index (χ0v) is 24.0. The number of unbranched alkanes of at least 4 members (excludes halogenated alkanes) is 3. The molecule has 2 aliphatic heterocycles. The molecule has 2 aliphatic rings. The van der Waals surface area contributed by atoms with Gasteiger partial charge in [0.25, 0.3) is 0 Å². The predicted molar refractivity (Wildman–Crippen MR) is 143 cm³/mol. The lowest BCUT2D eigenvalue weighted by molar-refractivity contribution is 0.0704. The zero-order chi connectivity index (χ0) is 24.4. The quantitative estimate of drug-likeness (QED) is 0.328. The van der Waals surface area contributed by atoms with Crippen molar-refractivity contribution in [2.75, 3.05) is 0 Å². The summed E-state index contributed by atoms with van der Waals surface area (Å²) in [5.41, 5.74) is 1.11. The first kappa shape index (κ1) is 28.2. The Hall–Kier alpha value is -0.0800. The third-order valence-electron chi connectivity index (χ3n) is 8.66. The molecule has 2 heteroatoms. The van der Waals surface area contributed by atoms with Gasteiger partial charge in [-0.3, -0.25) is 0 Å². The molecule has 190 valence electrons. The van der Waals surface area contributed by atoms with Crippen LogP contribution in [0.5, 0.6) is 0 Å². The van der Waals surface area contributed by atoms with Crippen LogP contribution in [0.25, 0.3) is 0 Å². The highest BCUT2D eigenvalue weighted by Gasteiger charge is 2.41. The molecule has 2 nitrogen and oxygen atoms in total. The van der Waals surface area contributed by atoms with Crippen LogP contribution in [0.3, 0.4) is 0 Å². The lowest BCUT2D eigenvalue weighted by Crippen LogP contribution is -2.58. The topological polar surface area (TPSA) is 24.1 Å². The summed E-state index contributed by atoms with van der Waals surface area (Å²) in [4.78, 5) is 0. The summed E-state index contributed by atoms with van der Waals surface area (Å²) in [7, 11) is 0. The molecule has 32 heavy (non-hydrogen) atoms. The van der Waals surface area contributed by atoms with Crippen LogP contribution >= 0.6 is 0 Å². The molecule has 2 unspecified atom stereocenters. The SMILES string of the molecule is CC(C)C(CCCCCCC(C)C1CC(C)(C)NC(C)(C)C1)C1CC(C)(C)NC(C)(C)C1. The first-order valence-electron chi connectivity index (χ1n) is 14.1. The predicted octanol–water partition coefficient (Wildman–Crippen LogP) is 8.35. The van der Waals surface area contributed by atoms with Crippen LogP contribution in [0.4, 0.5) is 0 Å². The van der Waals surface area contributed by atoms with Crippen molar-refractivity contribution in [3.05, 3.63) is 0 Å². The van der Waals surface area contributed by atoms with E-state index in [0.29, 0.717) is 0 Å². The number of piperidine rings is 2. The van der Waals surface area contributed by atoms with E-state index < -0.39 is 0 Å². The Balaban J connectivity index is 1.74. The number of nitrogens with one attached hydrogen (secondary N) is 2. The van der Waals surface area contributed by atoms with E-state index in [1.807, 2.05) is 0 Å². The Morgan fingerprint density at radius 2 is 0.938 bits per heavy atom. The fraction of sp³-hybridized carbons (Fsp3) is 1.00. The Kier molecular flexibility index (Phi) is 9.39. The average Bonchev–Trinajstić information content (AvgIpc) is 2.54. The molecule has 0 bridgehead atoms. The highest BCUT2D eigenvalue weighted by Crippen LogP contribution is 2.42. The molecule has 2 rings (SSSR count). The van der Waals surface area contributed by atoms with Gasteiger partial charge in [0.2, 0.25) is 0 Å². The Morgan fingerprint density at radius 3 is 1.34 bits per heavy atom. The van der Waals surface area contributed by atoms with Crippen molar-refractivity contribution < 1.29 is 0 Å². The maximum atomic E-state index is 3.88. The van der Waals surface area contributed by atoms with Gasteiger partial charge in [-0.1, -0.05) is 52.9 Å². The smallest absolute Gasteiger partial charge is 0.0132 e. The minimum atomic E-state index is 0.271. The zero-order valence-electron chi connectivity index (χ0n) is 24.0. The maximum Gasteiger partial charge on any atom is 0.0132 e. The van der Waals surface area contributed by atoms with Crippen molar-refractivity contribution >= 4 is 0 Å². The van der Waals surface area contributed by atoms with E-state index in [0.717, 1.165) is 29.6 Å². The van der Waals surface area contributed by atoms with E-state index >= 15 is 0 Å². The van der Waals surface area contributed by atoms with Crippen LogP contribution in [0.1, 0.15) is 140 Å². The lowest BCUT2D eigenvalue weighted by Gasteiger charge is -2.49. The first-order chi connectivity index (χ1) is 14.5. The maximum absolute atomic E-state index is 3.88. The van der Waals surface area contributed by atoms with E-state index in [9.17, 15) is 0 Å². The summed E-state index contributed by atoms with van der Waals surface area (Å²) in [5, 5.41) is 7.74. The van der Waals surface area contributed by atoms with Crippen molar-refractivity contribution in [3.63, 3.8) is 0 Å². The summed E-state index contributed by atoms with van der Waals surface area (Å²) in [6.07, 6.45) is 13.9. The van der Waals surface area contributed by atoms with E-state index in [-0.39, 0.29) is 22.2 Å². The van der Waals surface area contributed by atoms with Crippen LogP contribution in [0.2, 0.25) is 0 Å². The van der Waals surface area contributed by atoms with E-state index in [1.165, 1.54) is 64.2 Å². The molecule has 2 saturated heterocycles. The molecule has 0 aliphatic carbocycles. The molecule has 0 aromatic rings. The van der Waals surface area contributed by atoms with Crippen LogP contribution in [-0.4, -0.2) is 22.2 Å². The van der Waals surface area contributed by atoms with Gasteiger partial charge in [0.15, 0.2) is 0 Å². The number of hydrogen-bond donors (Lipinski definition) is 2. The fourth-order valence-corrected chi connectivity index (χ4v) is 8.06. The van der Waals surface area contributed by atoms with Crippen molar-refractivity contribution in [2.45, 2.75) is 163 Å². The molecule has 0 amide bonds. The summed E-state index contributed by atoms with van der Waals surface area (Å²) >= 11 is 0. The van der Waals surface area contributed by atoms with Gasteiger partial charge in [-0.15, -0.1) is 0 Å². The molecule has 0 spiro atoms. The van der Waals surface area contributed by atoms with Gasteiger partial charge in [0.1, 0.15) is 0 Å². The molecular weight excluding hydrogens is 388 g/mol. The molecule has 0 saturated carbocycles. The second-order valence-corrected chi connectivity index (χ2v) is 15.0. The van der Waals surface area contributed by atoms with Crippen LogP contribution in [-0.2, 0) is 0 Å². The van der Waals surface area contributed by atoms with E-state index in [1.54, 1.807) is 0 Å². The Morgan fingerprint density at radius 1 is 0.562 bits per heavy atom. The molecule has 0 aromatic carbocycles. The second-order valence-electron chi connectivity index (χ2n) is 15.0. The van der Waals surface area contributed by atoms with Gasteiger partial charge < -0.3 is 10.6 Å². The van der Waals surface area contributed by atoms with Gasteiger partial charge in [-0.25, -0.2) is 0 Å². The van der Waals surface area contributed by atoms with Crippen molar-refractivity contribution in [1.82, 2.24) is 10.6 Å². The molecule has 2 atom stereocenters. The summed E-state index contributed by atoms with van der Waals surface area (Å²) in [5.74, 6) is 4.29. The van der Waals surface area contributed by atoms with E-state index in [2.05, 4.69) is 86.8 Å². The van der Waals surface area contributed by atoms with Crippen LogP contribution < -0.4 is 10.6 Å². The molecular formula is C30H60N2. The second kappa shape index (κ2) is 10.7. The molecule has 2 N–H and O–H groups in total. The van der Waals surface area contributed by atoms with E-state index in [4.69, 9.17) is 0 Å². The van der Waals surface area contributed by atoms with Gasteiger partial charge in [-0.2, -0.15) is 0 Å². The van der Waals surface area contributed by atoms with Gasteiger partial charge >= 0.3 is 0 Å². The van der Waals surface area contributed by atoms with Crippen molar-refractivity contribution in [3.8, 4) is 0 Å². The molecule has 2 fully saturated rings. The third-order valence-corrected chi connectivity index (χ3v) is 8.66. The Labute approximate surface area is 202 Å². The summed E-state index contributed by atoms with van der Waals surface area (Å²) < 4.78 is 0. The minimum Gasteiger partial charge on any atom is -0.307 e. The van der Waals surface area contributed by atoms with Crippen molar-refractivity contribution in [1.29, 1.82) is 0 Å². The van der Waals surface area contributed by atoms with Gasteiger partial charge in [-0.05, 0) is 117 Å². The monoisotopic (exact) mass is 448 g/mol. The normalized spacial score (nSPS) is 27.4. The highest BCUT2D eigenvalue weighted by molar-refractivity contribution is 4.99. The lowest BCUT2D eigenvalue weighted by atomic mass is 9.67. The summed E-state index contributed by atoms with van der Waals surface area (Å²) in [6.45, 7) is 26.7. The highest BCUT2D eigenvalue weighted by atomic mass is 15.1. The van der Waals surface area contributed by atoms with Gasteiger partial charge in [0, 0.05) is 22.2 Å². The standard InChI is InChI=1S/C30H60N2/c1-22(2)26(25-20-29(8,9)32-30(10,11)21-25)17-15-13-12-14-16-23(3)24-18-27(4,5)31-28(6,7)19-24/h22-26,31-32H,12-21H2,1-11H3. The third kappa shape index (κ3) is 8.94. The minimum absolute atomic E-state index is 0.271. The average molecular weight is 449 g/mol. The first-order valence-corrected chi connectivity index (χ1v) is 14.1. The largest absolute Gasteiger partial charge is 0.307 e. The number of hydrogen-bond acceptors (Lipinski definition) is 2. The van der Waals surface area contributed by atoms with Crippen molar-refractivity contribution in [2.24, 2.45) is 29.6 Å². The van der Waals surface area contributed by atoms with Crippen LogP contribution in [0.15, 0.2) is 0 Å². The molecule has 0 radical (unpaired) electrons. The number of rotatable bonds is 10. The Bertz CT molecular complexity index is 539. The fourth-order valence-electron chi connectivity index (χ4n) is 8.06. The molecule has 0 aromatic heterocycles. The summed E-state index contributed by atoms with van der Waals surface area (Å²) in [6, 6.07) is 0.